The average molecular weight is 203 g/mol. The van der Waals surface area contributed by atoms with E-state index in [9.17, 15) is 9.90 Å². The fraction of sp³-hybridized carbons (Fsp3) is 0.889. The minimum Gasteiger partial charge on any atom is -0.387 e. The number of rotatable bonds is 5. The molecule has 0 saturated carbocycles. The quantitative estimate of drug-likeness (QED) is 0.522. The summed E-state index contributed by atoms with van der Waals surface area (Å²) in [5.74, 6) is -0.246. The van der Waals surface area contributed by atoms with Gasteiger partial charge in [-0.05, 0) is 27.9 Å². The van der Waals surface area contributed by atoms with E-state index in [1.807, 2.05) is 19.0 Å². The third-order valence-electron chi connectivity index (χ3n) is 1.71. The van der Waals surface area contributed by atoms with Crippen LogP contribution in [-0.2, 0) is 4.79 Å². The molecule has 0 aliphatic rings. The maximum atomic E-state index is 11.1. The van der Waals surface area contributed by atoms with Gasteiger partial charge in [0.1, 0.15) is 0 Å². The van der Waals surface area contributed by atoms with Gasteiger partial charge in [-0.1, -0.05) is 0 Å². The first-order valence-electron chi connectivity index (χ1n) is 4.65. The summed E-state index contributed by atoms with van der Waals surface area (Å²) in [7, 11) is 3.73. The number of hydrogen-bond acceptors (Lipinski definition) is 4. The Morgan fingerprint density at radius 3 is 2.50 bits per heavy atom. The zero-order valence-electron chi connectivity index (χ0n) is 9.37. The van der Waals surface area contributed by atoms with E-state index in [4.69, 9.17) is 5.73 Å². The van der Waals surface area contributed by atoms with Gasteiger partial charge in [-0.15, -0.1) is 0 Å². The summed E-state index contributed by atoms with van der Waals surface area (Å²) >= 11 is 0. The highest BCUT2D eigenvalue weighted by molar-refractivity contribution is 5.80. The molecule has 84 valence electrons. The minimum atomic E-state index is -0.923. The summed E-state index contributed by atoms with van der Waals surface area (Å²) in [5, 5.41) is 12.4. The van der Waals surface area contributed by atoms with Crippen LogP contribution in [0, 0.1) is 0 Å². The van der Waals surface area contributed by atoms with Crippen molar-refractivity contribution in [1.29, 1.82) is 0 Å². The summed E-state index contributed by atoms with van der Waals surface area (Å²) in [6, 6.07) is -0.537. The molecule has 5 heteroatoms. The summed E-state index contributed by atoms with van der Waals surface area (Å²) in [6.45, 7) is 3.99. The smallest absolute Gasteiger partial charge is 0.236 e. The third-order valence-corrected chi connectivity index (χ3v) is 1.71. The summed E-state index contributed by atoms with van der Waals surface area (Å²) in [6.07, 6.45) is 0. The van der Waals surface area contributed by atoms with Crippen molar-refractivity contribution in [2.75, 3.05) is 27.2 Å². The summed E-state index contributed by atoms with van der Waals surface area (Å²) in [4.78, 5) is 13.0. The lowest BCUT2D eigenvalue weighted by atomic mass is 10.1. The Kier molecular flexibility index (Phi) is 5.04. The number of hydrogen-bond donors (Lipinski definition) is 3. The Labute approximate surface area is 85.3 Å². The molecule has 0 rings (SSSR count). The van der Waals surface area contributed by atoms with Crippen molar-refractivity contribution < 1.29 is 9.90 Å². The highest BCUT2D eigenvalue weighted by atomic mass is 16.3. The lowest BCUT2D eigenvalue weighted by molar-refractivity contribution is -0.123. The summed E-state index contributed by atoms with van der Waals surface area (Å²) in [5.41, 5.74) is 4.44. The molecule has 0 heterocycles. The Morgan fingerprint density at radius 1 is 1.64 bits per heavy atom. The molecule has 4 N–H and O–H groups in total. The van der Waals surface area contributed by atoms with Crippen LogP contribution in [0.2, 0.25) is 0 Å². The van der Waals surface area contributed by atoms with E-state index in [1.54, 1.807) is 13.8 Å². The molecule has 0 aromatic carbocycles. The van der Waals surface area contributed by atoms with Crippen molar-refractivity contribution in [3.05, 3.63) is 0 Å². The van der Waals surface area contributed by atoms with E-state index in [0.717, 1.165) is 0 Å². The van der Waals surface area contributed by atoms with Gasteiger partial charge >= 0.3 is 0 Å². The van der Waals surface area contributed by atoms with Gasteiger partial charge in [0.05, 0.1) is 11.6 Å². The van der Waals surface area contributed by atoms with Crippen LogP contribution in [-0.4, -0.2) is 54.7 Å². The predicted molar refractivity (Wildman–Crippen MR) is 55.8 cm³/mol. The number of aliphatic hydroxyl groups is 1. The average Bonchev–Trinajstić information content (AvgIpc) is 1.97. The van der Waals surface area contributed by atoms with Crippen LogP contribution < -0.4 is 11.1 Å². The SMILES string of the molecule is C[C@H](N)C(=O)NCC(C)(O)CN(C)C. The van der Waals surface area contributed by atoms with E-state index in [0.29, 0.717) is 6.54 Å². The largest absolute Gasteiger partial charge is 0.387 e. The second-order valence-corrected chi connectivity index (χ2v) is 4.24. The van der Waals surface area contributed by atoms with Crippen LogP contribution >= 0.6 is 0 Å². The second kappa shape index (κ2) is 5.29. The molecule has 0 aliphatic heterocycles. The van der Waals surface area contributed by atoms with Crippen LogP contribution in [0.25, 0.3) is 0 Å². The molecule has 0 aromatic heterocycles. The Hall–Kier alpha value is -0.650. The predicted octanol–water partition coefficient (Wildman–Crippen LogP) is -1.24. The number of amides is 1. The van der Waals surface area contributed by atoms with Gasteiger partial charge in [0.15, 0.2) is 0 Å². The fourth-order valence-electron chi connectivity index (χ4n) is 1.18. The number of carbonyl (C=O) groups is 1. The number of nitrogens with zero attached hydrogens (tertiary/aromatic N) is 1. The molecule has 0 fully saturated rings. The van der Waals surface area contributed by atoms with Crippen LogP contribution in [0.3, 0.4) is 0 Å². The zero-order chi connectivity index (χ0) is 11.4. The van der Waals surface area contributed by atoms with Crippen LogP contribution in [0.15, 0.2) is 0 Å². The molecule has 0 saturated heterocycles. The second-order valence-electron chi connectivity index (χ2n) is 4.24. The van der Waals surface area contributed by atoms with Crippen LogP contribution in [0.1, 0.15) is 13.8 Å². The first kappa shape index (κ1) is 13.4. The summed E-state index contributed by atoms with van der Waals surface area (Å²) < 4.78 is 0. The fourth-order valence-corrected chi connectivity index (χ4v) is 1.18. The molecule has 0 aromatic rings. The van der Waals surface area contributed by atoms with Gasteiger partial charge in [-0.25, -0.2) is 0 Å². The van der Waals surface area contributed by atoms with E-state index in [-0.39, 0.29) is 12.5 Å². The van der Waals surface area contributed by atoms with Crippen LogP contribution in [0.4, 0.5) is 0 Å². The van der Waals surface area contributed by atoms with Crippen molar-refractivity contribution >= 4 is 5.91 Å². The van der Waals surface area contributed by atoms with Gasteiger partial charge in [0, 0.05) is 13.1 Å². The van der Waals surface area contributed by atoms with Crippen molar-refractivity contribution in [2.24, 2.45) is 5.73 Å². The number of nitrogens with two attached hydrogens (primary N) is 1. The molecule has 2 atom stereocenters. The van der Waals surface area contributed by atoms with E-state index in [1.165, 1.54) is 0 Å². The van der Waals surface area contributed by atoms with Gasteiger partial charge < -0.3 is 21.1 Å². The van der Waals surface area contributed by atoms with Crippen molar-refractivity contribution in [3.8, 4) is 0 Å². The number of likely N-dealkylation sites (N-methyl/N-ethyl adjacent to an activating group) is 1. The maximum Gasteiger partial charge on any atom is 0.236 e. The van der Waals surface area contributed by atoms with Crippen molar-refractivity contribution in [1.82, 2.24) is 10.2 Å². The van der Waals surface area contributed by atoms with E-state index in [2.05, 4.69) is 5.32 Å². The molecule has 14 heavy (non-hydrogen) atoms. The number of carbonyl (C=O) groups excluding carboxylic acids is 1. The Bertz CT molecular complexity index is 190. The van der Waals surface area contributed by atoms with E-state index >= 15 is 0 Å². The third kappa shape index (κ3) is 5.90. The first-order chi connectivity index (χ1) is 6.24. The molecular formula is C9H21N3O2. The van der Waals surface area contributed by atoms with Gasteiger partial charge in [-0.3, -0.25) is 4.79 Å². The molecule has 0 spiro atoms. The van der Waals surface area contributed by atoms with Crippen molar-refractivity contribution in [2.45, 2.75) is 25.5 Å². The molecule has 0 radical (unpaired) electrons. The Balaban J connectivity index is 3.92. The molecule has 1 amide bonds. The van der Waals surface area contributed by atoms with Crippen molar-refractivity contribution in [3.63, 3.8) is 0 Å². The lowest BCUT2D eigenvalue weighted by Gasteiger charge is -2.27. The zero-order valence-corrected chi connectivity index (χ0v) is 9.37. The monoisotopic (exact) mass is 203 g/mol. The highest BCUT2D eigenvalue weighted by Crippen LogP contribution is 2.02. The van der Waals surface area contributed by atoms with E-state index < -0.39 is 11.6 Å². The van der Waals surface area contributed by atoms with Gasteiger partial charge in [-0.2, -0.15) is 0 Å². The molecular weight excluding hydrogens is 182 g/mol. The highest BCUT2D eigenvalue weighted by Gasteiger charge is 2.22. The normalized spacial score (nSPS) is 17.6. The minimum absolute atomic E-state index is 0.214. The number of nitrogens with one attached hydrogen (secondary N) is 1. The lowest BCUT2D eigenvalue weighted by Crippen LogP contribution is -2.50. The van der Waals surface area contributed by atoms with Gasteiger partial charge in [0.25, 0.3) is 0 Å². The topological polar surface area (TPSA) is 78.6 Å². The molecule has 1 unspecified atom stereocenters. The molecule has 5 nitrogen and oxygen atoms in total. The standard InChI is InChI=1S/C9H21N3O2/c1-7(10)8(13)11-5-9(2,14)6-12(3)4/h7,14H,5-6,10H2,1-4H3,(H,11,13)/t7-,9?/m0/s1. The Morgan fingerprint density at radius 2 is 2.14 bits per heavy atom. The maximum absolute atomic E-state index is 11.1. The van der Waals surface area contributed by atoms with Gasteiger partial charge in [0.2, 0.25) is 5.91 Å². The molecule has 0 aliphatic carbocycles. The first-order valence-corrected chi connectivity index (χ1v) is 4.65. The molecule has 0 bridgehead atoms. The van der Waals surface area contributed by atoms with Crippen LogP contribution in [0.5, 0.6) is 0 Å².